The van der Waals surface area contributed by atoms with Gasteiger partial charge in [-0.15, -0.1) is 11.8 Å². The Morgan fingerprint density at radius 3 is 2.87 bits per heavy atom. The Hall–Kier alpha value is -1.47. The maximum atomic E-state index is 11.1. The average molecular weight is 220 g/mol. The van der Waals surface area contributed by atoms with Crippen LogP contribution in [0.5, 0.6) is 0 Å². The van der Waals surface area contributed by atoms with E-state index in [2.05, 4.69) is 6.07 Å². The molecule has 0 atom stereocenters. The van der Waals surface area contributed by atoms with E-state index in [0.29, 0.717) is 12.0 Å². The molecule has 0 fully saturated rings. The molecule has 3 nitrogen and oxygen atoms in total. The number of hydrogen-bond donors (Lipinski definition) is 1. The van der Waals surface area contributed by atoms with Gasteiger partial charge in [-0.2, -0.15) is 5.26 Å². The van der Waals surface area contributed by atoms with Crippen LogP contribution >= 0.6 is 11.8 Å². The highest BCUT2D eigenvalue weighted by Crippen LogP contribution is 2.23. The van der Waals surface area contributed by atoms with Gasteiger partial charge in [-0.05, 0) is 24.3 Å². The lowest BCUT2D eigenvalue weighted by molar-refractivity contribution is 0.0997. The predicted molar refractivity (Wildman–Crippen MR) is 60.5 cm³/mol. The van der Waals surface area contributed by atoms with E-state index in [9.17, 15) is 4.79 Å². The molecule has 1 aromatic carbocycles. The lowest BCUT2D eigenvalue weighted by Gasteiger charge is -2.04. The van der Waals surface area contributed by atoms with Crippen molar-refractivity contribution in [3.05, 3.63) is 29.8 Å². The Morgan fingerprint density at radius 1 is 1.47 bits per heavy atom. The highest BCUT2D eigenvalue weighted by molar-refractivity contribution is 7.99. The minimum atomic E-state index is -0.404. The van der Waals surface area contributed by atoms with Gasteiger partial charge >= 0.3 is 0 Å². The zero-order chi connectivity index (χ0) is 11.1. The number of hydrogen-bond acceptors (Lipinski definition) is 3. The minimum absolute atomic E-state index is 0.404. The van der Waals surface area contributed by atoms with E-state index in [0.717, 1.165) is 17.1 Å². The number of nitriles is 1. The number of carbonyl (C=O) groups excluding carboxylic acids is 1. The lowest BCUT2D eigenvalue weighted by Crippen LogP contribution is -2.11. The maximum absolute atomic E-state index is 11.1. The van der Waals surface area contributed by atoms with Crippen molar-refractivity contribution in [1.29, 1.82) is 5.26 Å². The quantitative estimate of drug-likeness (QED) is 0.611. The van der Waals surface area contributed by atoms with Crippen molar-refractivity contribution in [3.8, 4) is 6.07 Å². The number of rotatable bonds is 5. The molecule has 0 radical (unpaired) electrons. The highest BCUT2D eigenvalue weighted by atomic mass is 32.2. The van der Waals surface area contributed by atoms with E-state index in [1.807, 2.05) is 12.1 Å². The van der Waals surface area contributed by atoms with Gasteiger partial charge < -0.3 is 5.73 Å². The van der Waals surface area contributed by atoms with Crippen LogP contribution in [0.15, 0.2) is 29.2 Å². The third-order valence-electron chi connectivity index (χ3n) is 1.84. The molecule has 4 heteroatoms. The number of carbonyl (C=O) groups is 1. The SMILES string of the molecule is N#CCCCSc1ccccc1C(N)=O. The van der Waals surface area contributed by atoms with Crippen LogP contribution in [-0.4, -0.2) is 11.7 Å². The fraction of sp³-hybridized carbons (Fsp3) is 0.273. The first-order valence-electron chi connectivity index (χ1n) is 4.64. The second kappa shape index (κ2) is 6.10. The van der Waals surface area contributed by atoms with Gasteiger partial charge in [0.05, 0.1) is 11.6 Å². The number of nitrogens with zero attached hydrogens (tertiary/aromatic N) is 1. The minimum Gasteiger partial charge on any atom is -0.366 e. The van der Waals surface area contributed by atoms with Crippen molar-refractivity contribution in [2.24, 2.45) is 5.73 Å². The second-order valence-corrected chi connectivity index (χ2v) is 4.11. The van der Waals surface area contributed by atoms with Crippen molar-refractivity contribution < 1.29 is 4.79 Å². The Morgan fingerprint density at radius 2 is 2.20 bits per heavy atom. The molecule has 0 heterocycles. The molecule has 0 aliphatic heterocycles. The second-order valence-electron chi connectivity index (χ2n) is 2.97. The summed E-state index contributed by atoms with van der Waals surface area (Å²) in [6.45, 7) is 0. The summed E-state index contributed by atoms with van der Waals surface area (Å²) in [4.78, 5) is 12.0. The van der Waals surface area contributed by atoms with Crippen LogP contribution in [0, 0.1) is 11.3 Å². The van der Waals surface area contributed by atoms with Crippen LogP contribution in [0.4, 0.5) is 0 Å². The monoisotopic (exact) mass is 220 g/mol. The largest absolute Gasteiger partial charge is 0.366 e. The Labute approximate surface area is 93.3 Å². The van der Waals surface area contributed by atoms with E-state index < -0.39 is 5.91 Å². The van der Waals surface area contributed by atoms with E-state index in [1.54, 1.807) is 23.9 Å². The first-order chi connectivity index (χ1) is 7.25. The van der Waals surface area contributed by atoms with Gasteiger partial charge in [0.1, 0.15) is 0 Å². The summed E-state index contributed by atoms with van der Waals surface area (Å²) in [6.07, 6.45) is 1.38. The van der Waals surface area contributed by atoms with Gasteiger partial charge in [-0.25, -0.2) is 0 Å². The Balaban J connectivity index is 2.60. The molecule has 0 spiro atoms. The van der Waals surface area contributed by atoms with Gasteiger partial charge in [0.25, 0.3) is 0 Å². The molecule has 0 saturated heterocycles. The molecule has 0 aliphatic rings. The van der Waals surface area contributed by atoms with Crippen LogP contribution in [0.1, 0.15) is 23.2 Å². The molecule has 0 aromatic heterocycles. The fourth-order valence-electron chi connectivity index (χ4n) is 1.13. The summed E-state index contributed by atoms with van der Waals surface area (Å²) in [5, 5.41) is 8.37. The van der Waals surface area contributed by atoms with Crippen LogP contribution in [0.25, 0.3) is 0 Å². The van der Waals surface area contributed by atoms with Crippen molar-refractivity contribution in [3.63, 3.8) is 0 Å². The van der Waals surface area contributed by atoms with Crippen molar-refractivity contribution in [2.75, 3.05) is 5.75 Å². The van der Waals surface area contributed by atoms with Gasteiger partial charge in [-0.1, -0.05) is 12.1 Å². The normalized spacial score (nSPS) is 9.53. The molecule has 0 bridgehead atoms. The third-order valence-corrected chi connectivity index (χ3v) is 3.00. The summed E-state index contributed by atoms with van der Waals surface area (Å²) in [5.41, 5.74) is 5.80. The van der Waals surface area contributed by atoms with Crippen molar-refractivity contribution >= 4 is 17.7 Å². The predicted octanol–water partition coefficient (Wildman–Crippen LogP) is 2.18. The van der Waals surface area contributed by atoms with E-state index in [-0.39, 0.29) is 0 Å². The first-order valence-corrected chi connectivity index (χ1v) is 5.63. The van der Waals surface area contributed by atoms with Crippen LogP contribution in [-0.2, 0) is 0 Å². The topological polar surface area (TPSA) is 66.9 Å². The summed E-state index contributed by atoms with van der Waals surface area (Å²) < 4.78 is 0. The molecular weight excluding hydrogens is 208 g/mol. The van der Waals surface area contributed by atoms with Gasteiger partial charge in [0.15, 0.2) is 0 Å². The number of primary amides is 1. The van der Waals surface area contributed by atoms with Crippen LogP contribution < -0.4 is 5.73 Å². The molecule has 2 N–H and O–H groups in total. The molecular formula is C11H12N2OS. The van der Waals surface area contributed by atoms with Crippen molar-refractivity contribution in [1.82, 2.24) is 0 Å². The molecule has 1 amide bonds. The number of benzene rings is 1. The zero-order valence-corrected chi connectivity index (χ0v) is 9.09. The van der Waals surface area contributed by atoms with E-state index in [4.69, 9.17) is 11.0 Å². The smallest absolute Gasteiger partial charge is 0.249 e. The van der Waals surface area contributed by atoms with Gasteiger partial charge in [0, 0.05) is 11.3 Å². The molecule has 15 heavy (non-hydrogen) atoms. The number of amides is 1. The molecule has 0 saturated carbocycles. The van der Waals surface area contributed by atoms with E-state index in [1.165, 1.54) is 0 Å². The standard InChI is InChI=1S/C11H12N2OS/c12-7-3-4-8-15-10-6-2-1-5-9(10)11(13)14/h1-2,5-6H,3-4,8H2,(H2,13,14). The fourth-order valence-corrected chi connectivity index (χ4v) is 2.14. The first kappa shape index (κ1) is 11.6. The molecule has 1 rings (SSSR count). The number of unbranched alkanes of at least 4 members (excludes halogenated alkanes) is 1. The average Bonchev–Trinajstić information content (AvgIpc) is 2.25. The summed E-state index contributed by atoms with van der Waals surface area (Å²) in [7, 11) is 0. The molecule has 78 valence electrons. The summed E-state index contributed by atoms with van der Waals surface area (Å²) in [5.74, 6) is 0.427. The summed E-state index contributed by atoms with van der Waals surface area (Å²) in [6, 6.07) is 9.34. The molecule has 1 aromatic rings. The molecule has 0 aliphatic carbocycles. The number of thioether (sulfide) groups is 1. The maximum Gasteiger partial charge on any atom is 0.249 e. The van der Waals surface area contributed by atoms with Crippen molar-refractivity contribution in [2.45, 2.75) is 17.7 Å². The lowest BCUT2D eigenvalue weighted by atomic mass is 10.2. The zero-order valence-electron chi connectivity index (χ0n) is 8.27. The van der Waals surface area contributed by atoms with Gasteiger partial charge in [-0.3, -0.25) is 4.79 Å². The van der Waals surface area contributed by atoms with Gasteiger partial charge in [0.2, 0.25) is 5.91 Å². The third kappa shape index (κ3) is 3.64. The number of nitrogens with two attached hydrogens (primary N) is 1. The van der Waals surface area contributed by atoms with E-state index >= 15 is 0 Å². The summed E-state index contributed by atoms with van der Waals surface area (Å²) >= 11 is 1.56. The highest BCUT2D eigenvalue weighted by Gasteiger charge is 2.06. The van der Waals surface area contributed by atoms with Crippen LogP contribution in [0.3, 0.4) is 0 Å². The Bertz CT molecular complexity index is 384. The van der Waals surface area contributed by atoms with Crippen LogP contribution in [0.2, 0.25) is 0 Å². The molecule has 0 unspecified atom stereocenters. The Kier molecular flexibility index (Phi) is 4.72.